The van der Waals surface area contributed by atoms with Crippen LogP contribution in [0.25, 0.3) is 0 Å². The number of carbonyl (C=O) groups is 1. The smallest absolute Gasteiger partial charge is 0.337 e. The summed E-state index contributed by atoms with van der Waals surface area (Å²) in [5.74, 6) is -1.11. The van der Waals surface area contributed by atoms with Crippen molar-refractivity contribution in [3.8, 4) is 0 Å². The Morgan fingerprint density at radius 1 is 1.45 bits per heavy atom. The molecule has 0 amide bonds. The molecule has 0 radical (unpaired) electrons. The largest absolute Gasteiger partial charge is 0.478 e. The average Bonchev–Trinajstić information content (AvgIpc) is 2.37. The Balaban J connectivity index is 3.27. The molecular weight excluding hydrogens is 280 g/mol. The molecule has 1 rings (SSSR count). The van der Waals surface area contributed by atoms with Crippen molar-refractivity contribution in [1.29, 1.82) is 0 Å². The van der Waals surface area contributed by atoms with E-state index >= 15 is 0 Å². The zero-order valence-corrected chi connectivity index (χ0v) is 12.6. The van der Waals surface area contributed by atoms with Gasteiger partial charge in [0.25, 0.3) is 0 Å². The Morgan fingerprint density at radius 3 is 2.55 bits per heavy atom. The molecule has 1 unspecified atom stereocenters. The quantitative estimate of drug-likeness (QED) is 0.778. The van der Waals surface area contributed by atoms with Crippen LogP contribution in [-0.4, -0.2) is 37.4 Å². The third kappa shape index (κ3) is 3.49. The lowest BCUT2D eigenvalue weighted by Gasteiger charge is -2.21. The molecule has 0 aromatic heterocycles. The highest BCUT2D eigenvalue weighted by Crippen LogP contribution is 2.23. The highest BCUT2D eigenvalue weighted by molar-refractivity contribution is 7.89. The molecule has 20 heavy (non-hydrogen) atoms. The minimum absolute atomic E-state index is 0.184. The van der Waals surface area contributed by atoms with Gasteiger partial charge in [-0.15, -0.1) is 0 Å². The fourth-order valence-electron chi connectivity index (χ4n) is 1.76. The lowest BCUT2D eigenvalue weighted by molar-refractivity contribution is 0.0692. The van der Waals surface area contributed by atoms with Crippen molar-refractivity contribution in [2.45, 2.75) is 25.2 Å². The van der Waals surface area contributed by atoms with E-state index < -0.39 is 16.0 Å². The maximum Gasteiger partial charge on any atom is 0.337 e. The molecule has 0 spiro atoms. The number of benzene rings is 1. The van der Waals surface area contributed by atoms with Crippen molar-refractivity contribution in [2.75, 3.05) is 19.3 Å². The molecule has 3 N–H and O–H groups in total. The lowest BCUT2D eigenvalue weighted by Crippen LogP contribution is -2.32. The normalized spacial score (nSPS) is 13.4. The molecule has 0 bridgehead atoms. The van der Waals surface area contributed by atoms with Crippen LogP contribution in [-0.2, 0) is 10.0 Å². The SMILES string of the molecule is CCC(C)CN(C)S(=O)(=O)c1cc(N)ccc1C(=O)O. The predicted octanol–water partition coefficient (Wildman–Crippen LogP) is 1.63. The van der Waals surface area contributed by atoms with Crippen molar-refractivity contribution in [3.05, 3.63) is 23.8 Å². The minimum Gasteiger partial charge on any atom is -0.478 e. The minimum atomic E-state index is -3.87. The number of carboxylic acid groups (broad SMARTS) is 1. The number of anilines is 1. The van der Waals surface area contributed by atoms with Crippen molar-refractivity contribution >= 4 is 21.7 Å². The number of nitrogens with two attached hydrogens (primary N) is 1. The number of hydrogen-bond donors (Lipinski definition) is 2. The van der Waals surface area contributed by atoms with Gasteiger partial charge < -0.3 is 10.8 Å². The number of sulfonamides is 1. The summed E-state index contributed by atoms with van der Waals surface area (Å²) in [5.41, 5.74) is 5.52. The Kier molecular flexibility index (Phi) is 5.13. The summed E-state index contributed by atoms with van der Waals surface area (Å²) < 4.78 is 26.1. The van der Waals surface area contributed by atoms with Gasteiger partial charge in [0, 0.05) is 19.3 Å². The first-order valence-electron chi connectivity index (χ1n) is 6.29. The van der Waals surface area contributed by atoms with Crippen LogP contribution in [0.5, 0.6) is 0 Å². The lowest BCUT2D eigenvalue weighted by atomic mass is 10.1. The van der Waals surface area contributed by atoms with Gasteiger partial charge in [-0.1, -0.05) is 20.3 Å². The van der Waals surface area contributed by atoms with Crippen molar-refractivity contribution in [1.82, 2.24) is 4.31 Å². The summed E-state index contributed by atoms with van der Waals surface area (Å²) in [6.45, 7) is 4.23. The Labute approximate surface area is 119 Å². The van der Waals surface area contributed by atoms with E-state index in [1.54, 1.807) is 0 Å². The molecule has 0 saturated heterocycles. The highest BCUT2D eigenvalue weighted by Gasteiger charge is 2.27. The zero-order chi connectivity index (χ0) is 15.5. The van der Waals surface area contributed by atoms with Crippen LogP contribution >= 0.6 is 0 Å². The van der Waals surface area contributed by atoms with Crippen LogP contribution in [0.4, 0.5) is 5.69 Å². The Hall–Kier alpha value is -1.60. The molecule has 6 nitrogen and oxygen atoms in total. The van der Waals surface area contributed by atoms with E-state index in [1.165, 1.54) is 29.6 Å². The van der Waals surface area contributed by atoms with Gasteiger partial charge in [-0.05, 0) is 24.1 Å². The van der Waals surface area contributed by atoms with E-state index in [0.29, 0.717) is 6.54 Å². The topological polar surface area (TPSA) is 101 Å². The van der Waals surface area contributed by atoms with Gasteiger partial charge in [0.1, 0.15) is 0 Å². The summed E-state index contributed by atoms with van der Waals surface area (Å²) in [7, 11) is -2.43. The second-order valence-electron chi connectivity index (χ2n) is 4.86. The second-order valence-corrected chi connectivity index (χ2v) is 6.87. The Bertz CT molecular complexity index is 598. The molecule has 112 valence electrons. The van der Waals surface area contributed by atoms with Crippen molar-refractivity contribution in [3.63, 3.8) is 0 Å². The monoisotopic (exact) mass is 300 g/mol. The number of rotatable bonds is 6. The van der Waals surface area contributed by atoms with Crippen LogP contribution in [0.2, 0.25) is 0 Å². The first kappa shape index (κ1) is 16.5. The van der Waals surface area contributed by atoms with E-state index in [4.69, 9.17) is 10.8 Å². The molecule has 0 heterocycles. The summed E-state index contributed by atoms with van der Waals surface area (Å²) in [5, 5.41) is 9.11. The van der Waals surface area contributed by atoms with Crippen molar-refractivity contribution < 1.29 is 18.3 Å². The fraction of sp³-hybridized carbons (Fsp3) is 0.462. The highest BCUT2D eigenvalue weighted by atomic mass is 32.2. The van der Waals surface area contributed by atoms with Crippen LogP contribution < -0.4 is 5.73 Å². The van der Waals surface area contributed by atoms with Gasteiger partial charge >= 0.3 is 5.97 Å². The van der Waals surface area contributed by atoms with Gasteiger partial charge in [0.15, 0.2) is 0 Å². The number of nitrogen functional groups attached to an aromatic ring is 1. The maximum absolute atomic E-state index is 12.5. The molecule has 7 heteroatoms. The number of nitrogens with zero attached hydrogens (tertiary/aromatic N) is 1. The molecule has 0 fully saturated rings. The number of carboxylic acids is 1. The van der Waals surface area contributed by atoms with Gasteiger partial charge in [0.2, 0.25) is 10.0 Å². The fourth-order valence-corrected chi connectivity index (χ4v) is 3.27. The molecule has 0 aliphatic rings. The van der Waals surface area contributed by atoms with E-state index in [0.717, 1.165) is 6.42 Å². The molecule has 1 atom stereocenters. The number of aromatic carboxylic acids is 1. The van der Waals surface area contributed by atoms with E-state index in [2.05, 4.69) is 0 Å². The van der Waals surface area contributed by atoms with E-state index in [1.807, 2.05) is 13.8 Å². The Morgan fingerprint density at radius 2 is 2.05 bits per heavy atom. The third-order valence-electron chi connectivity index (χ3n) is 3.19. The van der Waals surface area contributed by atoms with Crippen LogP contribution in [0.3, 0.4) is 0 Å². The third-order valence-corrected chi connectivity index (χ3v) is 5.05. The van der Waals surface area contributed by atoms with Crippen molar-refractivity contribution in [2.24, 2.45) is 5.92 Å². The number of hydrogen-bond acceptors (Lipinski definition) is 4. The van der Waals surface area contributed by atoms with Crippen LogP contribution in [0.15, 0.2) is 23.1 Å². The first-order chi connectivity index (χ1) is 9.20. The van der Waals surface area contributed by atoms with E-state index in [9.17, 15) is 13.2 Å². The standard InChI is InChI=1S/C13H20N2O4S/c1-4-9(2)8-15(3)20(18,19)12-7-10(14)5-6-11(12)13(16)17/h5-7,9H,4,8,14H2,1-3H3,(H,16,17). The zero-order valence-electron chi connectivity index (χ0n) is 11.8. The summed E-state index contributed by atoms with van der Waals surface area (Å²) >= 11 is 0. The molecule has 1 aromatic carbocycles. The first-order valence-corrected chi connectivity index (χ1v) is 7.73. The summed E-state index contributed by atoms with van der Waals surface area (Å²) in [6, 6.07) is 3.77. The van der Waals surface area contributed by atoms with E-state index in [-0.39, 0.29) is 22.1 Å². The molecular formula is C13H20N2O4S. The summed E-state index contributed by atoms with van der Waals surface area (Å²) in [6.07, 6.45) is 0.836. The van der Waals surface area contributed by atoms with Gasteiger partial charge in [-0.2, -0.15) is 0 Å². The van der Waals surface area contributed by atoms with Gasteiger partial charge in [0.05, 0.1) is 10.5 Å². The average molecular weight is 300 g/mol. The molecule has 0 aliphatic carbocycles. The second kappa shape index (κ2) is 6.23. The van der Waals surface area contributed by atoms with Crippen LogP contribution in [0, 0.1) is 5.92 Å². The molecule has 0 saturated carbocycles. The maximum atomic E-state index is 12.5. The summed E-state index contributed by atoms with van der Waals surface area (Å²) in [4.78, 5) is 10.9. The van der Waals surface area contributed by atoms with Gasteiger partial charge in [-0.25, -0.2) is 17.5 Å². The molecule has 0 aliphatic heterocycles. The molecule has 1 aromatic rings. The van der Waals surface area contributed by atoms with Gasteiger partial charge in [-0.3, -0.25) is 0 Å². The predicted molar refractivity (Wildman–Crippen MR) is 77.1 cm³/mol. The van der Waals surface area contributed by atoms with Crippen LogP contribution in [0.1, 0.15) is 30.6 Å².